The first kappa shape index (κ1) is 11.4. The Balaban J connectivity index is 2.09. The zero-order chi connectivity index (χ0) is 11.1. The number of nitrogens with zero attached hydrogens (tertiary/aromatic N) is 1. The topological polar surface area (TPSA) is 3.24 Å². The van der Waals surface area contributed by atoms with Crippen LogP contribution in [-0.2, 0) is 0 Å². The van der Waals surface area contributed by atoms with Gasteiger partial charge in [0.15, 0.2) is 0 Å². The minimum atomic E-state index is 0.506. The van der Waals surface area contributed by atoms with E-state index < -0.39 is 0 Å². The van der Waals surface area contributed by atoms with E-state index in [2.05, 4.69) is 32.6 Å². The molecule has 0 aromatic rings. The van der Waals surface area contributed by atoms with Crippen LogP contribution in [0.4, 0.5) is 0 Å². The predicted molar refractivity (Wildman–Crippen MR) is 66.0 cm³/mol. The molecule has 1 heteroatoms. The van der Waals surface area contributed by atoms with E-state index in [1.165, 1.54) is 45.2 Å². The van der Waals surface area contributed by atoms with E-state index in [1.807, 2.05) is 0 Å². The van der Waals surface area contributed by atoms with E-state index in [0.29, 0.717) is 11.0 Å². The SMILES string of the molecule is CC1CCC(C)(N2CCCC2)CC1(C)C. The number of hydrogen-bond donors (Lipinski definition) is 0. The lowest BCUT2D eigenvalue weighted by molar-refractivity contribution is 0.00202. The van der Waals surface area contributed by atoms with Gasteiger partial charge in [-0.15, -0.1) is 0 Å². The second-order valence-electron chi connectivity index (χ2n) is 6.80. The maximum Gasteiger partial charge on any atom is 0.0186 e. The van der Waals surface area contributed by atoms with Gasteiger partial charge >= 0.3 is 0 Å². The highest BCUT2D eigenvalue weighted by Gasteiger charge is 2.44. The Morgan fingerprint density at radius 3 is 2.20 bits per heavy atom. The zero-order valence-electron chi connectivity index (χ0n) is 11.0. The Labute approximate surface area is 95.2 Å². The minimum absolute atomic E-state index is 0.506. The average molecular weight is 209 g/mol. The lowest BCUT2D eigenvalue weighted by Gasteiger charge is -2.51. The number of likely N-dealkylation sites (tertiary alicyclic amines) is 1. The zero-order valence-corrected chi connectivity index (χ0v) is 11.0. The highest BCUT2D eigenvalue weighted by Crippen LogP contribution is 2.47. The molecule has 0 radical (unpaired) electrons. The van der Waals surface area contributed by atoms with Gasteiger partial charge in [0, 0.05) is 5.54 Å². The average Bonchev–Trinajstić information content (AvgIpc) is 2.64. The summed E-state index contributed by atoms with van der Waals surface area (Å²) in [6.07, 6.45) is 7.07. The quantitative estimate of drug-likeness (QED) is 0.636. The highest BCUT2D eigenvalue weighted by atomic mass is 15.2. The molecule has 2 fully saturated rings. The molecular formula is C14H27N. The molecular weight excluding hydrogens is 182 g/mol. The van der Waals surface area contributed by atoms with Crippen molar-refractivity contribution in [2.45, 2.75) is 65.3 Å². The summed E-state index contributed by atoms with van der Waals surface area (Å²) in [4.78, 5) is 2.76. The van der Waals surface area contributed by atoms with E-state index in [1.54, 1.807) is 0 Å². The van der Waals surface area contributed by atoms with E-state index in [-0.39, 0.29) is 0 Å². The van der Waals surface area contributed by atoms with Gasteiger partial charge in [0.1, 0.15) is 0 Å². The van der Waals surface area contributed by atoms with Gasteiger partial charge < -0.3 is 0 Å². The first-order chi connectivity index (χ1) is 6.94. The van der Waals surface area contributed by atoms with Gasteiger partial charge in [0.2, 0.25) is 0 Å². The normalized spacial score (nSPS) is 42.0. The predicted octanol–water partition coefficient (Wildman–Crippen LogP) is 3.69. The van der Waals surface area contributed by atoms with Crippen LogP contribution in [0.15, 0.2) is 0 Å². The van der Waals surface area contributed by atoms with Crippen molar-refractivity contribution in [3.05, 3.63) is 0 Å². The number of rotatable bonds is 1. The third-order valence-corrected chi connectivity index (χ3v) is 5.16. The van der Waals surface area contributed by atoms with Crippen molar-refractivity contribution in [3.63, 3.8) is 0 Å². The van der Waals surface area contributed by atoms with Gasteiger partial charge in [-0.05, 0) is 63.5 Å². The molecule has 0 bridgehead atoms. The molecule has 0 aromatic carbocycles. The first-order valence-electron chi connectivity index (χ1n) is 6.69. The largest absolute Gasteiger partial charge is 0.298 e. The van der Waals surface area contributed by atoms with Crippen LogP contribution in [0.2, 0.25) is 0 Å². The molecule has 1 saturated heterocycles. The van der Waals surface area contributed by atoms with Crippen molar-refractivity contribution in [1.82, 2.24) is 4.90 Å². The van der Waals surface area contributed by atoms with Gasteiger partial charge in [0.25, 0.3) is 0 Å². The van der Waals surface area contributed by atoms with Crippen molar-refractivity contribution in [1.29, 1.82) is 0 Å². The third-order valence-electron chi connectivity index (χ3n) is 5.16. The van der Waals surface area contributed by atoms with Gasteiger partial charge in [-0.25, -0.2) is 0 Å². The van der Waals surface area contributed by atoms with Crippen molar-refractivity contribution >= 4 is 0 Å². The second kappa shape index (κ2) is 3.76. The van der Waals surface area contributed by atoms with Gasteiger partial charge in [-0.3, -0.25) is 4.90 Å². The molecule has 0 N–H and O–H groups in total. The van der Waals surface area contributed by atoms with Crippen LogP contribution in [0.25, 0.3) is 0 Å². The number of hydrogen-bond acceptors (Lipinski definition) is 1. The summed E-state index contributed by atoms with van der Waals surface area (Å²) in [6, 6.07) is 0. The minimum Gasteiger partial charge on any atom is -0.298 e. The Bertz CT molecular complexity index is 227. The Hall–Kier alpha value is -0.0400. The van der Waals surface area contributed by atoms with Crippen LogP contribution in [0.3, 0.4) is 0 Å². The molecule has 2 atom stereocenters. The molecule has 2 rings (SSSR count). The summed E-state index contributed by atoms with van der Waals surface area (Å²) in [5.41, 5.74) is 1.04. The Morgan fingerprint density at radius 1 is 1.07 bits per heavy atom. The Morgan fingerprint density at radius 2 is 1.67 bits per heavy atom. The van der Waals surface area contributed by atoms with Crippen LogP contribution in [0.1, 0.15) is 59.8 Å². The van der Waals surface area contributed by atoms with Gasteiger partial charge in [0.05, 0.1) is 0 Å². The maximum atomic E-state index is 2.76. The van der Waals surface area contributed by atoms with Crippen molar-refractivity contribution in [3.8, 4) is 0 Å². The molecule has 0 spiro atoms. The molecule has 1 saturated carbocycles. The van der Waals surface area contributed by atoms with Crippen LogP contribution in [-0.4, -0.2) is 23.5 Å². The summed E-state index contributed by atoms with van der Waals surface area (Å²) in [6.45, 7) is 12.6. The van der Waals surface area contributed by atoms with E-state index in [0.717, 1.165) is 5.92 Å². The first-order valence-corrected chi connectivity index (χ1v) is 6.69. The van der Waals surface area contributed by atoms with Gasteiger partial charge in [-0.2, -0.15) is 0 Å². The maximum absolute atomic E-state index is 2.76. The van der Waals surface area contributed by atoms with Crippen molar-refractivity contribution in [2.24, 2.45) is 11.3 Å². The highest BCUT2D eigenvalue weighted by molar-refractivity contribution is 4.98. The lowest BCUT2D eigenvalue weighted by atomic mass is 9.63. The molecule has 1 nitrogen and oxygen atoms in total. The molecule has 1 heterocycles. The van der Waals surface area contributed by atoms with Crippen LogP contribution in [0.5, 0.6) is 0 Å². The van der Waals surface area contributed by atoms with Crippen LogP contribution in [0, 0.1) is 11.3 Å². The summed E-state index contributed by atoms with van der Waals surface area (Å²) >= 11 is 0. The smallest absolute Gasteiger partial charge is 0.0186 e. The molecule has 2 aliphatic rings. The van der Waals surface area contributed by atoms with Crippen LogP contribution >= 0.6 is 0 Å². The second-order valence-corrected chi connectivity index (χ2v) is 6.80. The standard InChI is InChI=1S/C14H27N/c1-12-7-8-14(4,11-13(12,2)3)15-9-5-6-10-15/h12H,5-11H2,1-4H3. The molecule has 1 aliphatic heterocycles. The summed E-state index contributed by atoms with van der Waals surface area (Å²) in [5.74, 6) is 0.896. The molecule has 0 aromatic heterocycles. The fourth-order valence-electron chi connectivity index (χ4n) is 3.69. The molecule has 88 valence electrons. The van der Waals surface area contributed by atoms with Crippen molar-refractivity contribution < 1.29 is 0 Å². The van der Waals surface area contributed by atoms with Crippen molar-refractivity contribution in [2.75, 3.05) is 13.1 Å². The van der Waals surface area contributed by atoms with E-state index >= 15 is 0 Å². The summed E-state index contributed by atoms with van der Waals surface area (Å²) in [7, 11) is 0. The molecule has 0 amide bonds. The third kappa shape index (κ3) is 2.08. The van der Waals surface area contributed by atoms with E-state index in [9.17, 15) is 0 Å². The molecule has 15 heavy (non-hydrogen) atoms. The summed E-state index contributed by atoms with van der Waals surface area (Å²) < 4.78 is 0. The molecule has 2 unspecified atom stereocenters. The lowest BCUT2D eigenvalue weighted by Crippen LogP contribution is -2.51. The van der Waals surface area contributed by atoms with Crippen LogP contribution < -0.4 is 0 Å². The van der Waals surface area contributed by atoms with E-state index in [4.69, 9.17) is 0 Å². The fourth-order valence-corrected chi connectivity index (χ4v) is 3.69. The summed E-state index contributed by atoms with van der Waals surface area (Å²) in [5, 5.41) is 0. The molecule has 1 aliphatic carbocycles. The fraction of sp³-hybridized carbons (Fsp3) is 1.00. The monoisotopic (exact) mass is 209 g/mol. The Kier molecular flexibility index (Phi) is 2.87. The van der Waals surface area contributed by atoms with Gasteiger partial charge in [-0.1, -0.05) is 20.8 Å².